The number of nitrogens with two attached hydrogens (primary N) is 1. The van der Waals surface area contributed by atoms with Gasteiger partial charge < -0.3 is 21.4 Å². The Kier molecular flexibility index (Phi) is 5.60. The molecule has 1 aliphatic heterocycles. The molecule has 0 bridgehead atoms. The minimum atomic E-state index is -0.285. The summed E-state index contributed by atoms with van der Waals surface area (Å²) >= 11 is 5.95. The third-order valence-corrected chi connectivity index (χ3v) is 4.40. The molecule has 6 nitrogen and oxygen atoms in total. The van der Waals surface area contributed by atoms with Crippen molar-refractivity contribution >= 4 is 35.3 Å². The molecule has 7 heteroatoms. The molecule has 0 aromatic heterocycles. The molecule has 0 aliphatic carbocycles. The molecule has 124 valence electrons. The Morgan fingerprint density at radius 2 is 2.09 bits per heavy atom. The van der Waals surface area contributed by atoms with Crippen molar-refractivity contribution in [1.82, 2.24) is 10.2 Å². The van der Waals surface area contributed by atoms with Gasteiger partial charge in [-0.3, -0.25) is 9.59 Å². The van der Waals surface area contributed by atoms with Crippen LogP contribution in [0.25, 0.3) is 0 Å². The summed E-state index contributed by atoms with van der Waals surface area (Å²) in [4.78, 5) is 25.5. The van der Waals surface area contributed by atoms with E-state index in [2.05, 4.69) is 5.32 Å². The van der Waals surface area contributed by atoms with E-state index in [1.165, 1.54) is 12.1 Å². The van der Waals surface area contributed by atoms with E-state index in [1.54, 1.807) is 6.92 Å². The van der Waals surface area contributed by atoms with Gasteiger partial charge in [-0.05, 0) is 30.9 Å². The van der Waals surface area contributed by atoms with E-state index >= 15 is 0 Å². The molecule has 1 aliphatic rings. The number of carbonyl (C=O) groups is 2. The lowest BCUT2D eigenvalue weighted by molar-refractivity contribution is -0.130. The molecule has 1 fully saturated rings. The van der Waals surface area contributed by atoms with E-state index in [9.17, 15) is 9.59 Å². The second kappa shape index (κ2) is 7.46. The van der Waals surface area contributed by atoms with Crippen LogP contribution in [0.1, 0.15) is 35.7 Å². The molecule has 0 saturated carbocycles. The Hall–Kier alpha value is -2.08. The maximum Gasteiger partial charge on any atom is 0.252 e. The molecule has 1 aromatic carbocycles. The topological polar surface area (TPSA) is 99.3 Å². The average molecular weight is 337 g/mol. The SMILES string of the molecule is CC(=O)N1CCC(CNC(=O)c2cc(Cl)cc(N)c2C=N)CC1. The highest BCUT2D eigenvalue weighted by molar-refractivity contribution is 6.31. The van der Waals surface area contributed by atoms with Crippen molar-refractivity contribution in [3.05, 3.63) is 28.3 Å². The lowest BCUT2D eigenvalue weighted by atomic mass is 9.96. The van der Waals surface area contributed by atoms with E-state index in [4.69, 9.17) is 22.7 Å². The van der Waals surface area contributed by atoms with Crippen molar-refractivity contribution in [2.75, 3.05) is 25.4 Å². The van der Waals surface area contributed by atoms with Crippen LogP contribution in [0.4, 0.5) is 5.69 Å². The van der Waals surface area contributed by atoms with Crippen molar-refractivity contribution in [2.24, 2.45) is 5.92 Å². The second-order valence-electron chi connectivity index (χ2n) is 5.76. The van der Waals surface area contributed by atoms with Crippen molar-refractivity contribution in [1.29, 1.82) is 5.41 Å². The number of benzene rings is 1. The number of nitrogens with zero attached hydrogens (tertiary/aromatic N) is 1. The normalized spacial score (nSPS) is 15.3. The zero-order valence-electron chi connectivity index (χ0n) is 13.1. The number of hydrogen-bond donors (Lipinski definition) is 3. The van der Waals surface area contributed by atoms with Crippen molar-refractivity contribution < 1.29 is 9.59 Å². The summed E-state index contributed by atoms with van der Waals surface area (Å²) in [5.41, 5.74) is 6.80. The molecule has 1 saturated heterocycles. The molecule has 0 radical (unpaired) electrons. The number of rotatable bonds is 4. The van der Waals surface area contributed by atoms with Gasteiger partial charge in [-0.15, -0.1) is 0 Å². The molecule has 4 N–H and O–H groups in total. The van der Waals surface area contributed by atoms with E-state index in [1.807, 2.05) is 4.90 Å². The van der Waals surface area contributed by atoms with Gasteiger partial charge in [0, 0.05) is 49.0 Å². The molecule has 1 heterocycles. The first-order valence-corrected chi connectivity index (χ1v) is 7.93. The predicted molar refractivity (Wildman–Crippen MR) is 91.1 cm³/mol. The Labute approximate surface area is 140 Å². The van der Waals surface area contributed by atoms with Gasteiger partial charge in [0.1, 0.15) is 0 Å². The van der Waals surface area contributed by atoms with Crippen LogP contribution < -0.4 is 11.1 Å². The van der Waals surface area contributed by atoms with E-state index in [0.717, 1.165) is 32.1 Å². The van der Waals surface area contributed by atoms with Crippen LogP contribution in [0, 0.1) is 11.3 Å². The van der Waals surface area contributed by atoms with Gasteiger partial charge in [-0.1, -0.05) is 11.6 Å². The van der Waals surface area contributed by atoms with Crippen molar-refractivity contribution in [3.63, 3.8) is 0 Å². The van der Waals surface area contributed by atoms with Crippen LogP contribution in [-0.2, 0) is 4.79 Å². The number of nitrogen functional groups attached to an aromatic ring is 1. The zero-order chi connectivity index (χ0) is 17.0. The summed E-state index contributed by atoms with van der Waals surface area (Å²) in [6.07, 6.45) is 2.80. The molecule has 23 heavy (non-hydrogen) atoms. The Bertz CT molecular complexity index is 625. The first-order chi connectivity index (χ1) is 10.9. The number of carbonyl (C=O) groups excluding carboxylic acids is 2. The van der Waals surface area contributed by atoms with Crippen LogP contribution in [-0.4, -0.2) is 42.6 Å². The maximum absolute atomic E-state index is 12.4. The molecule has 1 aromatic rings. The summed E-state index contributed by atoms with van der Waals surface area (Å²) in [6.45, 7) is 3.57. The van der Waals surface area contributed by atoms with Gasteiger partial charge in [0.25, 0.3) is 5.91 Å². The Balaban J connectivity index is 1.96. The van der Waals surface area contributed by atoms with E-state index in [-0.39, 0.29) is 11.8 Å². The molecule has 0 atom stereocenters. The van der Waals surface area contributed by atoms with Gasteiger partial charge in [0.15, 0.2) is 0 Å². The summed E-state index contributed by atoms with van der Waals surface area (Å²) in [7, 11) is 0. The van der Waals surface area contributed by atoms with Gasteiger partial charge in [0.2, 0.25) is 5.91 Å². The zero-order valence-corrected chi connectivity index (χ0v) is 13.8. The molecular formula is C16H21ClN4O2. The van der Waals surface area contributed by atoms with Gasteiger partial charge in [-0.25, -0.2) is 0 Å². The summed E-state index contributed by atoms with van der Waals surface area (Å²) < 4.78 is 0. The van der Waals surface area contributed by atoms with Crippen molar-refractivity contribution in [3.8, 4) is 0 Å². The van der Waals surface area contributed by atoms with Crippen LogP contribution in [0.3, 0.4) is 0 Å². The number of likely N-dealkylation sites (tertiary alicyclic amines) is 1. The van der Waals surface area contributed by atoms with Crippen LogP contribution in [0.5, 0.6) is 0 Å². The van der Waals surface area contributed by atoms with Gasteiger partial charge >= 0.3 is 0 Å². The second-order valence-corrected chi connectivity index (χ2v) is 6.20. The lowest BCUT2D eigenvalue weighted by Gasteiger charge is -2.31. The third-order valence-electron chi connectivity index (χ3n) is 4.18. The molecule has 2 amide bonds. The standard InChI is InChI=1S/C16H21ClN4O2/c1-10(22)21-4-2-11(3-5-21)9-20-16(23)13-6-12(17)7-15(19)14(13)8-18/h6-8,11,18H,2-5,9,19H2,1H3,(H,20,23). The fraction of sp³-hybridized carbons (Fsp3) is 0.438. The lowest BCUT2D eigenvalue weighted by Crippen LogP contribution is -2.40. The third kappa shape index (κ3) is 4.22. The average Bonchev–Trinajstić information content (AvgIpc) is 2.52. The summed E-state index contributed by atoms with van der Waals surface area (Å²) in [5, 5.41) is 10.7. The molecule has 0 spiro atoms. The van der Waals surface area contributed by atoms with Gasteiger partial charge in [0.05, 0.1) is 5.56 Å². The minimum Gasteiger partial charge on any atom is -0.398 e. The molecule has 2 rings (SSSR count). The predicted octanol–water partition coefficient (Wildman–Crippen LogP) is 1.91. The summed E-state index contributed by atoms with van der Waals surface area (Å²) in [5.74, 6) is 0.152. The molecule has 0 unspecified atom stereocenters. The number of halogens is 1. The quantitative estimate of drug-likeness (QED) is 0.578. The minimum absolute atomic E-state index is 0.0949. The first-order valence-electron chi connectivity index (χ1n) is 7.55. The van der Waals surface area contributed by atoms with Crippen LogP contribution in [0.2, 0.25) is 5.02 Å². The number of piperidine rings is 1. The highest BCUT2D eigenvalue weighted by Crippen LogP contribution is 2.22. The Morgan fingerprint density at radius 3 is 2.65 bits per heavy atom. The number of amides is 2. The van der Waals surface area contributed by atoms with Crippen molar-refractivity contribution in [2.45, 2.75) is 19.8 Å². The number of nitrogens with one attached hydrogen (secondary N) is 2. The van der Waals surface area contributed by atoms with Crippen LogP contribution >= 0.6 is 11.6 Å². The number of hydrogen-bond acceptors (Lipinski definition) is 4. The highest BCUT2D eigenvalue weighted by Gasteiger charge is 2.22. The fourth-order valence-electron chi connectivity index (χ4n) is 2.77. The fourth-order valence-corrected chi connectivity index (χ4v) is 3.00. The highest BCUT2D eigenvalue weighted by atomic mass is 35.5. The summed E-state index contributed by atoms with van der Waals surface area (Å²) in [6, 6.07) is 3.04. The van der Waals surface area contributed by atoms with Gasteiger partial charge in [-0.2, -0.15) is 0 Å². The largest absolute Gasteiger partial charge is 0.398 e. The smallest absolute Gasteiger partial charge is 0.252 e. The van der Waals surface area contributed by atoms with E-state index < -0.39 is 0 Å². The number of anilines is 1. The first kappa shape index (κ1) is 17.3. The maximum atomic E-state index is 12.4. The monoisotopic (exact) mass is 336 g/mol. The van der Waals surface area contributed by atoms with Crippen LogP contribution in [0.15, 0.2) is 12.1 Å². The Morgan fingerprint density at radius 1 is 1.43 bits per heavy atom. The molecular weight excluding hydrogens is 316 g/mol. The van der Waals surface area contributed by atoms with E-state index in [0.29, 0.717) is 34.3 Å².